The van der Waals surface area contributed by atoms with Crippen molar-refractivity contribution in [3.05, 3.63) is 65.2 Å². The molecule has 0 aliphatic carbocycles. The molecule has 0 saturated carbocycles. The first-order valence-electron chi connectivity index (χ1n) is 10.7. The molecule has 2 aromatic rings. The van der Waals surface area contributed by atoms with E-state index in [4.69, 9.17) is 4.74 Å². The van der Waals surface area contributed by atoms with E-state index in [1.54, 1.807) is 4.90 Å². The maximum atomic E-state index is 13.2. The van der Waals surface area contributed by atoms with E-state index in [9.17, 15) is 9.59 Å². The molecule has 0 fully saturated rings. The Morgan fingerprint density at radius 2 is 1.60 bits per heavy atom. The number of carbonyl (C=O) groups is 2. The summed E-state index contributed by atoms with van der Waals surface area (Å²) in [5, 5.41) is 3.03. The van der Waals surface area contributed by atoms with Crippen LogP contribution in [0.25, 0.3) is 0 Å². The number of nitrogens with zero attached hydrogens (tertiary/aromatic N) is 1. The normalized spacial score (nSPS) is 12.7. The monoisotopic (exact) mass is 410 g/mol. The Balaban J connectivity index is 2.24. The minimum absolute atomic E-state index is 0.0604. The second-order valence-electron chi connectivity index (χ2n) is 7.74. The van der Waals surface area contributed by atoms with Crippen LogP contribution in [0.15, 0.2) is 48.5 Å². The first-order chi connectivity index (χ1) is 14.4. The number of rotatable bonds is 10. The lowest BCUT2D eigenvalue weighted by Gasteiger charge is -2.31. The fraction of sp³-hybridized carbons (Fsp3) is 0.440. The van der Waals surface area contributed by atoms with Crippen molar-refractivity contribution in [3.63, 3.8) is 0 Å². The Kier molecular flexibility index (Phi) is 8.90. The lowest BCUT2D eigenvalue weighted by Crippen LogP contribution is -2.51. The van der Waals surface area contributed by atoms with Gasteiger partial charge in [-0.15, -0.1) is 0 Å². The fourth-order valence-corrected chi connectivity index (χ4v) is 3.27. The van der Waals surface area contributed by atoms with E-state index < -0.39 is 6.04 Å². The Bertz CT molecular complexity index is 850. The third kappa shape index (κ3) is 6.34. The molecule has 0 radical (unpaired) electrons. The molecule has 0 aromatic heterocycles. The molecule has 0 heterocycles. The SMILES string of the molecule is CC[C@H](C(=O)N[C@@H](C)CC)N(Cc1ccccc1C)C(=O)COc1ccccc1C. The Hall–Kier alpha value is -2.82. The van der Waals surface area contributed by atoms with Gasteiger partial charge in [0.25, 0.3) is 5.91 Å². The molecule has 0 aliphatic rings. The van der Waals surface area contributed by atoms with Gasteiger partial charge in [0.1, 0.15) is 11.8 Å². The van der Waals surface area contributed by atoms with Crippen LogP contribution in [0.2, 0.25) is 0 Å². The molecule has 0 bridgehead atoms. The standard InChI is InChI=1S/C25H34N2O3/c1-6-20(5)26-25(29)22(7-2)27(16-21-14-10-8-12-18(21)3)24(28)17-30-23-15-11-9-13-19(23)4/h8-15,20,22H,6-7,16-17H2,1-5H3,(H,26,29)/t20-,22+/m0/s1. The Morgan fingerprint density at radius 1 is 0.967 bits per heavy atom. The fourth-order valence-electron chi connectivity index (χ4n) is 3.27. The summed E-state index contributed by atoms with van der Waals surface area (Å²) >= 11 is 0. The number of ether oxygens (including phenoxy) is 1. The summed E-state index contributed by atoms with van der Waals surface area (Å²) in [5.74, 6) is 0.358. The van der Waals surface area contributed by atoms with Crippen LogP contribution < -0.4 is 10.1 Å². The van der Waals surface area contributed by atoms with Gasteiger partial charge >= 0.3 is 0 Å². The van der Waals surface area contributed by atoms with Crippen molar-refractivity contribution >= 4 is 11.8 Å². The van der Waals surface area contributed by atoms with Crippen molar-refractivity contribution < 1.29 is 14.3 Å². The van der Waals surface area contributed by atoms with Crippen molar-refractivity contribution in [1.29, 1.82) is 0 Å². The van der Waals surface area contributed by atoms with Gasteiger partial charge in [-0.05, 0) is 56.4 Å². The van der Waals surface area contributed by atoms with Crippen molar-refractivity contribution in [2.75, 3.05) is 6.61 Å². The minimum atomic E-state index is -0.549. The second kappa shape index (κ2) is 11.4. The van der Waals surface area contributed by atoms with Gasteiger partial charge in [0, 0.05) is 12.6 Å². The molecule has 1 N–H and O–H groups in total. The molecule has 5 heteroatoms. The zero-order chi connectivity index (χ0) is 22.1. The number of hydrogen-bond acceptors (Lipinski definition) is 3. The van der Waals surface area contributed by atoms with Gasteiger partial charge < -0.3 is 15.0 Å². The average molecular weight is 411 g/mol. The predicted octanol–water partition coefficient (Wildman–Crippen LogP) is 4.40. The molecular formula is C25H34N2O3. The van der Waals surface area contributed by atoms with Crippen LogP contribution in [0.4, 0.5) is 0 Å². The van der Waals surface area contributed by atoms with Gasteiger partial charge in [0.15, 0.2) is 6.61 Å². The third-order valence-electron chi connectivity index (χ3n) is 5.43. The van der Waals surface area contributed by atoms with E-state index in [2.05, 4.69) is 5.32 Å². The van der Waals surface area contributed by atoms with Crippen LogP contribution in [0.3, 0.4) is 0 Å². The summed E-state index contributed by atoms with van der Waals surface area (Å²) in [4.78, 5) is 27.8. The molecule has 30 heavy (non-hydrogen) atoms. The molecule has 0 unspecified atom stereocenters. The van der Waals surface area contributed by atoms with Crippen molar-refractivity contribution in [3.8, 4) is 5.75 Å². The van der Waals surface area contributed by atoms with Crippen LogP contribution in [0, 0.1) is 13.8 Å². The van der Waals surface area contributed by atoms with Crippen molar-refractivity contribution in [2.24, 2.45) is 0 Å². The molecule has 2 atom stereocenters. The van der Waals surface area contributed by atoms with Gasteiger partial charge in [-0.3, -0.25) is 9.59 Å². The molecule has 0 spiro atoms. The zero-order valence-electron chi connectivity index (χ0n) is 18.8. The maximum absolute atomic E-state index is 13.2. The van der Waals surface area contributed by atoms with E-state index in [1.165, 1.54) is 0 Å². The summed E-state index contributed by atoms with van der Waals surface area (Å²) in [6, 6.07) is 15.1. The minimum Gasteiger partial charge on any atom is -0.484 e. The van der Waals surface area contributed by atoms with Gasteiger partial charge in [-0.2, -0.15) is 0 Å². The average Bonchev–Trinajstić information content (AvgIpc) is 2.74. The highest BCUT2D eigenvalue weighted by atomic mass is 16.5. The lowest BCUT2D eigenvalue weighted by molar-refractivity contribution is -0.143. The number of para-hydroxylation sites is 1. The summed E-state index contributed by atoms with van der Waals surface area (Å²) in [6.07, 6.45) is 1.37. The topological polar surface area (TPSA) is 58.6 Å². The molecule has 2 amide bonds. The largest absolute Gasteiger partial charge is 0.484 e. The van der Waals surface area contributed by atoms with E-state index in [-0.39, 0.29) is 24.5 Å². The maximum Gasteiger partial charge on any atom is 0.261 e. The number of carbonyl (C=O) groups excluding carboxylic acids is 2. The van der Waals surface area contributed by atoms with E-state index in [0.29, 0.717) is 18.7 Å². The van der Waals surface area contributed by atoms with Crippen LogP contribution in [-0.4, -0.2) is 35.4 Å². The van der Waals surface area contributed by atoms with Crippen molar-refractivity contribution in [1.82, 2.24) is 10.2 Å². The number of amides is 2. The Labute approximate surface area is 180 Å². The van der Waals surface area contributed by atoms with Crippen LogP contribution in [0.5, 0.6) is 5.75 Å². The van der Waals surface area contributed by atoms with Crippen LogP contribution >= 0.6 is 0 Å². The van der Waals surface area contributed by atoms with Gasteiger partial charge in [-0.1, -0.05) is 56.3 Å². The highest BCUT2D eigenvalue weighted by molar-refractivity contribution is 5.88. The predicted molar refractivity (Wildman–Crippen MR) is 120 cm³/mol. The Morgan fingerprint density at radius 3 is 2.20 bits per heavy atom. The van der Waals surface area contributed by atoms with E-state index >= 15 is 0 Å². The number of hydrogen-bond donors (Lipinski definition) is 1. The van der Waals surface area contributed by atoms with Crippen LogP contribution in [0.1, 0.15) is 50.3 Å². The number of nitrogens with one attached hydrogen (secondary N) is 1. The molecule has 0 saturated heterocycles. The number of benzene rings is 2. The number of aryl methyl sites for hydroxylation is 2. The van der Waals surface area contributed by atoms with Gasteiger partial charge in [-0.25, -0.2) is 0 Å². The first kappa shape index (κ1) is 23.5. The zero-order valence-corrected chi connectivity index (χ0v) is 18.8. The quantitative estimate of drug-likeness (QED) is 0.631. The van der Waals surface area contributed by atoms with E-state index in [0.717, 1.165) is 23.1 Å². The van der Waals surface area contributed by atoms with Crippen molar-refractivity contribution in [2.45, 2.75) is 66.1 Å². The molecule has 2 aromatic carbocycles. The molecule has 162 valence electrons. The first-order valence-corrected chi connectivity index (χ1v) is 10.7. The van der Waals surface area contributed by atoms with Crippen LogP contribution in [-0.2, 0) is 16.1 Å². The van der Waals surface area contributed by atoms with Gasteiger partial charge in [0.05, 0.1) is 0 Å². The smallest absolute Gasteiger partial charge is 0.261 e. The van der Waals surface area contributed by atoms with Gasteiger partial charge in [0.2, 0.25) is 5.91 Å². The molecular weight excluding hydrogens is 376 g/mol. The summed E-state index contributed by atoms with van der Waals surface area (Å²) < 4.78 is 5.80. The summed E-state index contributed by atoms with van der Waals surface area (Å²) in [5.41, 5.74) is 3.08. The van der Waals surface area contributed by atoms with E-state index in [1.807, 2.05) is 83.1 Å². The molecule has 5 nitrogen and oxygen atoms in total. The highest BCUT2D eigenvalue weighted by Gasteiger charge is 2.29. The lowest BCUT2D eigenvalue weighted by atomic mass is 10.1. The molecule has 2 rings (SSSR count). The molecule has 0 aliphatic heterocycles. The highest BCUT2D eigenvalue weighted by Crippen LogP contribution is 2.19. The second-order valence-corrected chi connectivity index (χ2v) is 7.74. The summed E-state index contributed by atoms with van der Waals surface area (Å²) in [7, 11) is 0. The summed E-state index contributed by atoms with van der Waals surface area (Å²) in [6.45, 7) is 10.2. The third-order valence-corrected chi connectivity index (χ3v) is 5.43.